The third kappa shape index (κ3) is 4.44. The molecule has 0 radical (unpaired) electrons. The first kappa shape index (κ1) is 15.2. The smallest absolute Gasteiger partial charge is 0.251 e. The number of carbonyl (C=O) groups is 1. The van der Waals surface area contributed by atoms with Crippen LogP contribution in [0.15, 0.2) is 40.2 Å². The number of hydrogen-bond acceptors (Lipinski definition) is 3. The summed E-state index contributed by atoms with van der Waals surface area (Å²) in [6.07, 6.45) is 0. The summed E-state index contributed by atoms with van der Waals surface area (Å²) < 4.78 is 0.974. The first-order valence-electron chi connectivity index (χ1n) is 6.44. The second kappa shape index (κ2) is 7.57. The molecule has 1 aromatic carbocycles. The SMILES string of the molecule is Cc1ccsc1CNCCNC(=O)c1ccc(Br)cc1. The summed E-state index contributed by atoms with van der Waals surface area (Å²) in [6, 6.07) is 9.47. The molecular formula is C15H17BrN2OS. The van der Waals surface area contributed by atoms with E-state index in [2.05, 4.69) is 44.9 Å². The predicted molar refractivity (Wildman–Crippen MR) is 87.2 cm³/mol. The first-order valence-corrected chi connectivity index (χ1v) is 8.11. The number of aryl methyl sites for hydroxylation is 1. The van der Waals surface area contributed by atoms with Crippen molar-refractivity contribution in [1.82, 2.24) is 10.6 Å². The molecule has 106 valence electrons. The van der Waals surface area contributed by atoms with E-state index in [-0.39, 0.29) is 5.91 Å². The minimum atomic E-state index is -0.0356. The van der Waals surface area contributed by atoms with Gasteiger partial charge in [0.2, 0.25) is 0 Å². The molecule has 0 atom stereocenters. The average Bonchev–Trinajstić information content (AvgIpc) is 2.84. The van der Waals surface area contributed by atoms with Crippen LogP contribution in [-0.2, 0) is 6.54 Å². The lowest BCUT2D eigenvalue weighted by atomic mass is 10.2. The molecule has 0 aliphatic rings. The van der Waals surface area contributed by atoms with Crippen LogP contribution in [0.5, 0.6) is 0 Å². The number of nitrogens with one attached hydrogen (secondary N) is 2. The van der Waals surface area contributed by atoms with Crippen LogP contribution in [0.2, 0.25) is 0 Å². The summed E-state index contributed by atoms with van der Waals surface area (Å²) in [4.78, 5) is 13.2. The molecule has 2 N–H and O–H groups in total. The highest BCUT2D eigenvalue weighted by atomic mass is 79.9. The highest BCUT2D eigenvalue weighted by molar-refractivity contribution is 9.10. The molecular weight excluding hydrogens is 336 g/mol. The van der Waals surface area contributed by atoms with Crippen molar-refractivity contribution in [3.05, 3.63) is 56.2 Å². The van der Waals surface area contributed by atoms with E-state index in [9.17, 15) is 4.79 Å². The normalized spacial score (nSPS) is 10.5. The van der Waals surface area contributed by atoms with Crippen molar-refractivity contribution in [2.45, 2.75) is 13.5 Å². The van der Waals surface area contributed by atoms with Crippen LogP contribution in [0.3, 0.4) is 0 Å². The van der Waals surface area contributed by atoms with Gasteiger partial charge in [0.25, 0.3) is 5.91 Å². The van der Waals surface area contributed by atoms with E-state index in [0.717, 1.165) is 17.6 Å². The minimum absolute atomic E-state index is 0.0356. The zero-order valence-corrected chi connectivity index (χ0v) is 13.7. The Morgan fingerprint density at radius 1 is 1.20 bits per heavy atom. The quantitative estimate of drug-likeness (QED) is 0.782. The molecule has 5 heteroatoms. The van der Waals surface area contributed by atoms with Crippen molar-refractivity contribution in [1.29, 1.82) is 0 Å². The topological polar surface area (TPSA) is 41.1 Å². The summed E-state index contributed by atoms with van der Waals surface area (Å²) in [5.41, 5.74) is 2.00. The third-order valence-corrected chi connectivity index (χ3v) is 4.50. The van der Waals surface area contributed by atoms with Gasteiger partial charge in [-0.05, 0) is 48.2 Å². The van der Waals surface area contributed by atoms with Gasteiger partial charge in [-0.1, -0.05) is 15.9 Å². The van der Waals surface area contributed by atoms with E-state index in [1.807, 2.05) is 24.3 Å². The van der Waals surface area contributed by atoms with E-state index in [1.165, 1.54) is 10.4 Å². The number of benzene rings is 1. The van der Waals surface area contributed by atoms with E-state index in [1.54, 1.807) is 11.3 Å². The maximum atomic E-state index is 11.8. The number of rotatable bonds is 6. The molecule has 0 unspecified atom stereocenters. The Morgan fingerprint density at radius 2 is 1.95 bits per heavy atom. The maximum absolute atomic E-state index is 11.8. The second-order valence-corrected chi connectivity index (χ2v) is 6.38. The summed E-state index contributed by atoms with van der Waals surface area (Å²) in [6.45, 7) is 4.36. The van der Waals surface area contributed by atoms with Gasteiger partial charge in [0.1, 0.15) is 0 Å². The van der Waals surface area contributed by atoms with Gasteiger partial charge in [-0.25, -0.2) is 0 Å². The Balaban J connectivity index is 1.67. The van der Waals surface area contributed by atoms with Crippen LogP contribution in [0.25, 0.3) is 0 Å². The molecule has 20 heavy (non-hydrogen) atoms. The summed E-state index contributed by atoms with van der Waals surface area (Å²) in [5.74, 6) is -0.0356. The number of amides is 1. The molecule has 0 saturated carbocycles. The molecule has 1 amide bonds. The van der Waals surface area contributed by atoms with Crippen LogP contribution in [0, 0.1) is 6.92 Å². The van der Waals surface area contributed by atoms with Gasteiger partial charge in [0.15, 0.2) is 0 Å². The van der Waals surface area contributed by atoms with Crippen LogP contribution in [-0.4, -0.2) is 19.0 Å². The van der Waals surface area contributed by atoms with E-state index >= 15 is 0 Å². The molecule has 0 bridgehead atoms. The molecule has 2 rings (SSSR count). The Morgan fingerprint density at radius 3 is 2.60 bits per heavy atom. The van der Waals surface area contributed by atoms with Gasteiger partial charge in [-0.2, -0.15) is 0 Å². The number of thiophene rings is 1. The number of hydrogen-bond donors (Lipinski definition) is 2. The van der Waals surface area contributed by atoms with E-state index in [0.29, 0.717) is 12.1 Å². The van der Waals surface area contributed by atoms with Crippen molar-refractivity contribution >= 4 is 33.2 Å². The molecule has 1 aromatic heterocycles. The van der Waals surface area contributed by atoms with Crippen LogP contribution in [0.1, 0.15) is 20.8 Å². The Bertz CT molecular complexity index is 566. The van der Waals surface area contributed by atoms with Crippen LogP contribution in [0.4, 0.5) is 0 Å². The van der Waals surface area contributed by atoms with Crippen molar-refractivity contribution in [2.24, 2.45) is 0 Å². The molecule has 3 nitrogen and oxygen atoms in total. The summed E-state index contributed by atoms with van der Waals surface area (Å²) >= 11 is 5.11. The summed E-state index contributed by atoms with van der Waals surface area (Å²) in [5, 5.41) is 8.33. The standard InChI is InChI=1S/C15H17BrN2OS/c1-11-6-9-20-14(11)10-17-7-8-18-15(19)12-2-4-13(16)5-3-12/h2-6,9,17H,7-8,10H2,1H3,(H,18,19). The van der Waals surface area contributed by atoms with Gasteiger partial charge in [0.05, 0.1) is 0 Å². The lowest BCUT2D eigenvalue weighted by Crippen LogP contribution is -2.31. The van der Waals surface area contributed by atoms with Gasteiger partial charge in [-0.15, -0.1) is 11.3 Å². The Hall–Kier alpha value is -1.17. The highest BCUT2D eigenvalue weighted by Gasteiger charge is 2.04. The average molecular weight is 353 g/mol. The first-order chi connectivity index (χ1) is 9.66. The van der Waals surface area contributed by atoms with Gasteiger partial charge in [0, 0.05) is 34.5 Å². The molecule has 0 spiro atoms. The maximum Gasteiger partial charge on any atom is 0.251 e. The van der Waals surface area contributed by atoms with Crippen molar-refractivity contribution in [3.8, 4) is 0 Å². The largest absolute Gasteiger partial charge is 0.351 e. The fourth-order valence-electron chi connectivity index (χ4n) is 1.75. The van der Waals surface area contributed by atoms with E-state index < -0.39 is 0 Å². The van der Waals surface area contributed by atoms with Crippen LogP contribution >= 0.6 is 27.3 Å². The number of halogens is 1. The highest BCUT2D eigenvalue weighted by Crippen LogP contribution is 2.14. The van der Waals surface area contributed by atoms with Crippen LogP contribution < -0.4 is 10.6 Å². The van der Waals surface area contributed by atoms with Crippen molar-refractivity contribution < 1.29 is 4.79 Å². The minimum Gasteiger partial charge on any atom is -0.351 e. The van der Waals surface area contributed by atoms with Crippen molar-refractivity contribution in [2.75, 3.05) is 13.1 Å². The summed E-state index contributed by atoms with van der Waals surface area (Å²) in [7, 11) is 0. The second-order valence-electron chi connectivity index (χ2n) is 4.47. The van der Waals surface area contributed by atoms with Gasteiger partial charge < -0.3 is 10.6 Å². The Labute approximate surface area is 131 Å². The monoisotopic (exact) mass is 352 g/mol. The molecule has 1 heterocycles. The molecule has 0 aliphatic heterocycles. The van der Waals surface area contributed by atoms with Gasteiger partial charge >= 0.3 is 0 Å². The zero-order valence-electron chi connectivity index (χ0n) is 11.3. The predicted octanol–water partition coefficient (Wildman–Crippen LogP) is 3.34. The van der Waals surface area contributed by atoms with Crippen molar-refractivity contribution in [3.63, 3.8) is 0 Å². The molecule has 0 saturated heterocycles. The lowest BCUT2D eigenvalue weighted by Gasteiger charge is -2.07. The fourth-order valence-corrected chi connectivity index (χ4v) is 2.89. The molecule has 0 aliphatic carbocycles. The molecule has 2 aromatic rings. The third-order valence-electron chi connectivity index (χ3n) is 2.95. The zero-order chi connectivity index (χ0) is 14.4. The Kier molecular flexibility index (Phi) is 5.76. The van der Waals surface area contributed by atoms with Gasteiger partial charge in [-0.3, -0.25) is 4.79 Å². The number of carbonyl (C=O) groups excluding carboxylic acids is 1. The van der Waals surface area contributed by atoms with E-state index in [4.69, 9.17) is 0 Å². The lowest BCUT2D eigenvalue weighted by molar-refractivity contribution is 0.0954. The molecule has 0 fully saturated rings. The fraction of sp³-hybridized carbons (Fsp3) is 0.267.